The third-order valence-electron chi connectivity index (χ3n) is 6.04. The Labute approximate surface area is 168 Å². The Balaban J connectivity index is 1.24. The first-order chi connectivity index (χ1) is 13.8. The second kappa shape index (κ2) is 9.24. The number of carbonyl (C=O) groups is 1. The highest BCUT2D eigenvalue weighted by molar-refractivity contribution is 5.94. The summed E-state index contributed by atoms with van der Waals surface area (Å²) in [6.45, 7) is 4.99. The van der Waals surface area contributed by atoms with Gasteiger partial charge in [0, 0.05) is 37.4 Å². The van der Waals surface area contributed by atoms with E-state index in [9.17, 15) is 4.79 Å². The Morgan fingerprint density at radius 1 is 1.11 bits per heavy atom. The fourth-order valence-corrected chi connectivity index (χ4v) is 4.46. The van der Waals surface area contributed by atoms with Gasteiger partial charge in [0.2, 0.25) is 0 Å². The molecule has 2 N–H and O–H groups in total. The number of benzene rings is 2. The molecule has 1 unspecified atom stereocenters. The highest BCUT2D eigenvalue weighted by atomic mass is 16.1. The molecule has 0 bridgehead atoms. The van der Waals surface area contributed by atoms with Gasteiger partial charge in [0.1, 0.15) is 0 Å². The lowest BCUT2D eigenvalue weighted by Crippen LogP contribution is -2.33. The number of hydrogen-bond donors (Lipinski definition) is 2. The summed E-state index contributed by atoms with van der Waals surface area (Å²) in [6.07, 6.45) is 5.82. The average molecular weight is 378 g/mol. The van der Waals surface area contributed by atoms with E-state index in [1.807, 2.05) is 12.1 Å². The van der Waals surface area contributed by atoms with Crippen LogP contribution in [0.4, 0.5) is 5.69 Å². The van der Waals surface area contributed by atoms with Gasteiger partial charge in [-0.2, -0.15) is 0 Å². The molecule has 0 spiro atoms. The van der Waals surface area contributed by atoms with E-state index in [4.69, 9.17) is 0 Å². The molecule has 4 heteroatoms. The maximum Gasteiger partial charge on any atom is 0.251 e. The van der Waals surface area contributed by atoms with E-state index < -0.39 is 0 Å². The van der Waals surface area contributed by atoms with Crippen LogP contribution < -0.4 is 15.5 Å². The van der Waals surface area contributed by atoms with Gasteiger partial charge in [-0.05, 0) is 73.9 Å². The van der Waals surface area contributed by atoms with E-state index >= 15 is 0 Å². The molecule has 0 radical (unpaired) electrons. The summed E-state index contributed by atoms with van der Waals surface area (Å²) >= 11 is 0. The van der Waals surface area contributed by atoms with Crippen molar-refractivity contribution in [3.8, 4) is 0 Å². The fourth-order valence-electron chi connectivity index (χ4n) is 4.46. The predicted molar refractivity (Wildman–Crippen MR) is 115 cm³/mol. The maximum atomic E-state index is 12.4. The summed E-state index contributed by atoms with van der Waals surface area (Å²) in [4.78, 5) is 14.9. The molecule has 1 amide bonds. The number of aryl methyl sites for hydroxylation is 1. The Morgan fingerprint density at radius 3 is 2.79 bits per heavy atom. The molecular weight excluding hydrogens is 346 g/mol. The second-order valence-electron chi connectivity index (χ2n) is 7.99. The molecule has 1 saturated heterocycles. The Morgan fingerprint density at radius 2 is 1.96 bits per heavy atom. The molecule has 2 aromatic rings. The van der Waals surface area contributed by atoms with Gasteiger partial charge in [-0.15, -0.1) is 0 Å². The van der Waals surface area contributed by atoms with Crippen LogP contribution in [0.5, 0.6) is 0 Å². The van der Waals surface area contributed by atoms with Crippen molar-refractivity contribution in [2.45, 2.75) is 38.0 Å². The van der Waals surface area contributed by atoms with Crippen LogP contribution in [0.15, 0.2) is 48.5 Å². The van der Waals surface area contributed by atoms with Gasteiger partial charge in [0.15, 0.2) is 0 Å². The topological polar surface area (TPSA) is 44.4 Å². The van der Waals surface area contributed by atoms with E-state index in [1.54, 1.807) is 0 Å². The van der Waals surface area contributed by atoms with Crippen LogP contribution in [0, 0.1) is 0 Å². The van der Waals surface area contributed by atoms with Crippen LogP contribution in [-0.2, 0) is 6.42 Å². The van der Waals surface area contributed by atoms with E-state index in [-0.39, 0.29) is 5.91 Å². The summed E-state index contributed by atoms with van der Waals surface area (Å²) in [6, 6.07) is 16.9. The first-order valence-electron chi connectivity index (χ1n) is 10.7. The standard InChI is InChI=1S/C24H31N3O/c28-24(21-12-10-19(11-13-21)22-7-3-14-25-18-22)26-15-5-17-27-16-4-8-20-6-1-2-9-23(20)27/h1-2,6,9-13,22,25H,3-5,7-8,14-18H2,(H,26,28). The van der Waals surface area contributed by atoms with E-state index in [1.165, 1.54) is 42.5 Å². The number of piperidine rings is 1. The molecule has 4 nitrogen and oxygen atoms in total. The van der Waals surface area contributed by atoms with E-state index in [0.717, 1.165) is 38.2 Å². The Bertz CT molecular complexity index is 781. The van der Waals surface area contributed by atoms with Crippen molar-refractivity contribution in [2.75, 3.05) is 37.6 Å². The molecule has 0 aliphatic carbocycles. The predicted octanol–water partition coefficient (Wildman–Crippen LogP) is 3.73. The summed E-state index contributed by atoms with van der Waals surface area (Å²) in [5.41, 5.74) is 4.92. The lowest BCUT2D eigenvalue weighted by Gasteiger charge is -2.31. The summed E-state index contributed by atoms with van der Waals surface area (Å²) in [5, 5.41) is 6.54. The van der Waals surface area contributed by atoms with Crippen LogP contribution in [0.25, 0.3) is 0 Å². The third kappa shape index (κ3) is 4.56. The molecule has 0 saturated carbocycles. The maximum absolute atomic E-state index is 12.4. The molecule has 1 fully saturated rings. The number of para-hydroxylation sites is 1. The number of nitrogens with zero attached hydrogens (tertiary/aromatic N) is 1. The monoisotopic (exact) mass is 377 g/mol. The zero-order valence-corrected chi connectivity index (χ0v) is 16.6. The van der Waals surface area contributed by atoms with Gasteiger partial charge in [-0.25, -0.2) is 0 Å². The van der Waals surface area contributed by atoms with Crippen molar-refractivity contribution in [3.63, 3.8) is 0 Å². The van der Waals surface area contributed by atoms with Crippen LogP contribution in [0.3, 0.4) is 0 Å². The van der Waals surface area contributed by atoms with Crippen molar-refractivity contribution in [2.24, 2.45) is 0 Å². The van der Waals surface area contributed by atoms with E-state index in [2.05, 4.69) is 51.9 Å². The van der Waals surface area contributed by atoms with Crippen molar-refractivity contribution in [1.82, 2.24) is 10.6 Å². The number of anilines is 1. The largest absolute Gasteiger partial charge is 0.371 e. The number of nitrogens with one attached hydrogen (secondary N) is 2. The molecule has 4 rings (SSSR count). The molecule has 2 aromatic carbocycles. The number of hydrogen-bond acceptors (Lipinski definition) is 3. The molecular formula is C24H31N3O. The van der Waals surface area contributed by atoms with Crippen LogP contribution in [0.1, 0.15) is 53.1 Å². The fraction of sp³-hybridized carbons (Fsp3) is 0.458. The van der Waals surface area contributed by atoms with Crippen LogP contribution >= 0.6 is 0 Å². The zero-order chi connectivity index (χ0) is 19.2. The van der Waals surface area contributed by atoms with Crippen molar-refractivity contribution in [1.29, 1.82) is 0 Å². The summed E-state index contributed by atoms with van der Waals surface area (Å²) in [5.74, 6) is 0.616. The van der Waals surface area contributed by atoms with Gasteiger partial charge >= 0.3 is 0 Å². The number of fused-ring (bicyclic) bond motifs is 1. The second-order valence-corrected chi connectivity index (χ2v) is 7.99. The minimum absolute atomic E-state index is 0.0346. The smallest absolute Gasteiger partial charge is 0.251 e. The van der Waals surface area contributed by atoms with Crippen molar-refractivity contribution < 1.29 is 4.79 Å². The molecule has 2 heterocycles. The molecule has 2 aliphatic rings. The zero-order valence-electron chi connectivity index (χ0n) is 16.6. The lowest BCUT2D eigenvalue weighted by molar-refractivity contribution is 0.0953. The van der Waals surface area contributed by atoms with Crippen molar-refractivity contribution >= 4 is 11.6 Å². The van der Waals surface area contributed by atoms with Crippen molar-refractivity contribution in [3.05, 3.63) is 65.2 Å². The quantitative estimate of drug-likeness (QED) is 0.754. The van der Waals surface area contributed by atoms with E-state index in [0.29, 0.717) is 12.5 Å². The van der Waals surface area contributed by atoms with Crippen LogP contribution in [0.2, 0.25) is 0 Å². The van der Waals surface area contributed by atoms with Gasteiger partial charge in [0.25, 0.3) is 5.91 Å². The lowest BCUT2D eigenvalue weighted by atomic mass is 9.91. The number of amides is 1. The summed E-state index contributed by atoms with van der Waals surface area (Å²) in [7, 11) is 0. The normalized spacial score (nSPS) is 19.1. The molecule has 2 aliphatic heterocycles. The minimum atomic E-state index is 0.0346. The van der Waals surface area contributed by atoms with Gasteiger partial charge in [-0.3, -0.25) is 4.79 Å². The minimum Gasteiger partial charge on any atom is -0.371 e. The van der Waals surface area contributed by atoms with Crippen LogP contribution in [-0.4, -0.2) is 38.6 Å². The molecule has 1 atom stereocenters. The SMILES string of the molecule is O=C(NCCCN1CCCc2ccccc21)c1ccc(C2CCCNC2)cc1. The highest BCUT2D eigenvalue weighted by Crippen LogP contribution is 2.26. The molecule has 28 heavy (non-hydrogen) atoms. The Hall–Kier alpha value is -2.33. The first-order valence-corrected chi connectivity index (χ1v) is 10.7. The molecule has 148 valence electrons. The summed E-state index contributed by atoms with van der Waals surface area (Å²) < 4.78 is 0. The third-order valence-corrected chi connectivity index (χ3v) is 6.04. The number of rotatable bonds is 6. The first kappa shape index (κ1) is 19.0. The molecule has 0 aromatic heterocycles. The van der Waals surface area contributed by atoms with Gasteiger partial charge in [0.05, 0.1) is 0 Å². The highest BCUT2D eigenvalue weighted by Gasteiger charge is 2.17. The average Bonchev–Trinajstić information content (AvgIpc) is 2.77. The number of carbonyl (C=O) groups excluding carboxylic acids is 1. The Kier molecular flexibility index (Phi) is 6.27. The van der Waals surface area contributed by atoms with Gasteiger partial charge < -0.3 is 15.5 Å². The van der Waals surface area contributed by atoms with Gasteiger partial charge in [-0.1, -0.05) is 30.3 Å².